The first kappa shape index (κ1) is 12.2. The van der Waals surface area contributed by atoms with Gasteiger partial charge < -0.3 is 9.47 Å². The van der Waals surface area contributed by atoms with Crippen LogP contribution in [0.2, 0.25) is 0 Å². The van der Waals surface area contributed by atoms with E-state index < -0.39 is 0 Å². The Bertz CT molecular complexity index is 573. The lowest BCUT2D eigenvalue weighted by Crippen LogP contribution is -2.08. The van der Waals surface area contributed by atoms with Gasteiger partial charge in [-0.25, -0.2) is 4.98 Å². The average Bonchev–Trinajstić information content (AvgIpc) is 2.72. The van der Waals surface area contributed by atoms with E-state index in [2.05, 4.69) is 28.1 Å². The second kappa shape index (κ2) is 4.92. The second-order valence-corrected chi connectivity index (χ2v) is 4.41. The number of imidazole rings is 1. The summed E-state index contributed by atoms with van der Waals surface area (Å²) < 4.78 is 1.97. The predicted octanol–water partition coefficient (Wildman–Crippen LogP) is 2.22. The number of anilines is 1. The van der Waals surface area contributed by atoms with Crippen molar-refractivity contribution in [1.29, 1.82) is 5.26 Å². The first-order valence-electron chi connectivity index (χ1n) is 5.79. The minimum atomic E-state index is 0.388. The molecule has 2 aromatic rings. The lowest BCUT2D eigenvalue weighted by Gasteiger charge is -2.12. The van der Waals surface area contributed by atoms with Crippen molar-refractivity contribution in [3.05, 3.63) is 36.2 Å². The fraction of sp³-hybridized carbons (Fsp3) is 0.286. The molecule has 1 heterocycles. The highest BCUT2D eigenvalue weighted by Gasteiger charge is 2.08. The van der Waals surface area contributed by atoms with Crippen molar-refractivity contribution in [1.82, 2.24) is 9.55 Å². The third-order valence-corrected chi connectivity index (χ3v) is 2.99. The molecule has 0 aliphatic carbocycles. The molecule has 4 heteroatoms. The lowest BCUT2D eigenvalue weighted by atomic mass is 10.2. The quantitative estimate of drug-likeness (QED) is 0.826. The van der Waals surface area contributed by atoms with Crippen molar-refractivity contribution in [3.8, 4) is 17.5 Å². The van der Waals surface area contributed by atoms with Crippen molar-refractivity contribution in [3.63, 3.8) is 0 Å². The van der Waals surface area contributed by atoms with E-state index in [1.54, 1.807) is 6.20 Å². The minimum absolute atomic E-state index is 0.388. The molecular formula is C14H16N4. The molecule has 0 aliphatic rings. The number of aromatic nitrogens is 2. The molecule has 0 saturated carbocycles. The Morgan fingerprint density at radius 3 is 2.50 bits per heavy atom. The highest BCUT2D eigenvalue weighted by molar-refractivity contribution is 5.61. The molecule has 1 aromatic heterocycles. The zero-order valence-corrected chi connectivity index (χ0v) is 10.9. The van der Waals surface area contributed by atoms with Gasteiger partial charge in [0.2, 0.25) is 0 Å². The van der Waals surface area contributed by atoms with Gasteiger partial charge in [-0.1, -0.05) is 0 Å². The first-order chi connectivity index (χ1) is 8.63. The van der Waals surface area contributed by atoms with Crippen LogP contribution < -0.4 is 4.90 Å². The van der Waals surface area contributed by atoms with Crippen LogP contribution in [0.4, 0.5) is 5.69 Å². The summed E-state index contributed by atoms with van der Waals surface area (Å²) in [6, 6.07) is 10.4. The maximum absolute atomic E-state index is 8.72. The number of benzene rings is 1. The molecule has 1 aromatic carbocycles. The molecule has 0 spiro atoms. The van der Waals surface area contributed by atoms with E-state index in [0.717, 1.165) is 22.8 Å². The van der Waals surface area contributed by atoms with Gasteiger partial charge in [0.25, 0.3) is 0 Å². The van der Waals surface area contributed by atoms with Crippen LogP contribution in [0.25, 0.3) is 11.4 Å². The van der Waals surface area contributed by atoms with Gasteiger partial charge in [0.15, 0.2) is 0 Å². The van der Waals surface area contributed by atoms with E-state index in [0.29, 0.717) is 6.42 Å². The summed E-state index contributed by atoms with van der Waals surface area (Å²) in [5.74, 6) is 0.894. The summed E-state index contributed by atoms with van der Waals surface area (Å²) in [7, 11) is 5.97. The van der Waals surface area contributed by atoms with Crippen molar-refractivity contribution < 1.29 is 0 Å². The Balaban J connectivity index is 2.34. The number of nitriles is 1. The molecule has 0 amide bonds. The largest absolute Gasteiger partial charge is 0.378 e. The molecule has 0 fully saturated rings. The van der Waals surface area contributed by atoms with Gasteiger partial charge in [-0.3, -0.25) is 0 Å². The van der Waals surface area contributed by atoms with Gasteiger partial charge in [-0.05, 0) is 24.3 Å². The van der Waals surface area contributed by atoms with Crippen LogP contribution in [-0.2, 0) is 13.5 Å². The van der Waals surface area contributed by atoms with E-state index in [4.69, 9.17) is 5.26 Å². The third kappa shape index (κ3) is 2.21. The Kier molecular flexibility index (Phi) is 3.33. The van der Waals surface area contributed by atoms with Gasteiger partial charge in [-0.2, -0.15) is 5.26 Å². The molecule has 0 bridgehead atoms. The molecule has 18 heavy (non-hydrogen) atoms. The van der Waals surface area contributed by atoms with Crippen LogP contribution in [0.3, 0.4) is 0 Å². The zero-order chi connectivity index (χ0) is 13.1. The summed E-state index contributed by atoms with van der Waals surface area (Å²) in [4.78, 5) is 6.44. The van der Waals surface area contributed by atoms with Gasteiger partial charge in [-0.15, -0.1) is 0 Å². The topological polar surface area (TPSA) is 44.9 Å². The number of hydrogen-bond acceptors (Lipinski definition) is 3. The third-order valence-electron chi connectivity index (χ3n) is 2.99. The van der Waals surface area contributed by atoms with E-state index in [9.17, 15) is 0 Å². The maximum Gasteiger partial charge on any atom is 0.139 e. The molecular weight excluding hydrogens is 224 g/mol. The van der Waals surface area contributed by atoms with Gasteiger partial charge in [0.1, 0.15) is 5.82 Å². The molecule has 0 saturated heterocycles. The van der Waals surface area contributed by atoms with Crippen molar-refractivity contribution in [2.45, 2.75) is 6.42 Å². The van der Waals surface area contributed by atoms with Crippen molar-refractivity contribution in [2.75, 3.05) is 19.0 Å². The summed E-state index contributed by atoms with van der Waals surface area (Å²) >= 11 is 0. The molecule has 0 atom stereocenters. The van der Waals surface area contributed by atoms with E-state index in [-0.39, 0.29) is 0 Å². The predicted molar refractivity (Wildman–Crippen MR) is 72.3 cm³/mol. The summed E-state index contributed by atoms with van der Waals surface area (Å²) in [6.45, 7) is 0. The molecule has 0 N–H and O–H groups in total. The van der Waals surface area contributed by atoms with E-state index in [1.165, 1.54) is 0 Å². The van der Waals surface area contributed by atoms with Crippen LogP contribution in [0.1, 0.15) is 5.69 Å². The van der Waals surface area contributed by atoms with Crippen LogP contribution in [-0.4, -0.2) is 23.6 Å². The fourth-order valence-corrected chi connectivity index (χ4v) is 1.87. The fourth-order valence-electron chi connectivity index (χ4n) is 1.87. The maximum atomic E-state index is 8.72. The highest BCUT2D eigenvalue weighted by atomic mass is 15.1. The SMILES string of the molecule is CN(C)c1ccc(-c2ncc(CC#N)n2C)cc1. The summed E-state index contributed by atoms with van der Waals surface area (Å²) in [5, 5.41) is 8.72. The second-order valence-electron chi connectivity index (χ2n) is 4.41. The van der Waals surface area contributed by atoms with Crippen molar-refractivity contribution in [2.24, 2.45) is 7.05 Å². The Morgan fingerprint density at radius 1 is 1.28 bits per heavy atom. The molecule has 2 rings (SSSR count). The van der Waals surface area contributed by atoms with E-state index in [1.807, 2.05) is 37.8 Å². The normalized spacial score (nSPS) is 10.1. The Labute approximate surface area is 107 Å². The van der Waals surface area contributed by atoms with Gasteiger partial charge in [0, 0.05) is 38.6 Å². The number of nitrogens with zero attached hydrogens (tertiary/aromatic N) is 4. The smallest absolute Gasteiger partial charge is 0.139 e. The lowest BCUT2D eigenvalue weighted by molar-refractivity contribution is 0.864. The van der Waals surface area contributed by atoms with E-state index >= 15 is 0 Å². The Hall–Kier alpha value is -2.28. The molecule has 0 aliphatic heterocycles. The summed E-state index contributed by atoms with van der Waals surface area (Å²) in [5.41, 5.74) is 3.15. The van der Waals surface area contributed by atoms with Crippen LogP contribution >= 0.6 is 0 Å². The molecule has 0 radical (unpaired) electrons. The van der Waals surface area contributed by atoms with Gasteiger partial charge in [0.05, 0.1) is 18.2 Å². The minimum Gasteiger partial charge on any atom is -0.378 e. The zero-order valence-electron chi connectivity index (χ0n) is 10.9. The molecule has 4 nitrogen and oxygen atoms in total. The number of hydrogen-bond donors (Lipinski definition) is 0. The van der Waals surface area contributed by atoms with Crippen molar-refractivity contribution >= 4 is 5.69 Å². The molecule has 92 valence electrons. The van der Waals surface area contributed by atoms with Crippen LogP contribution in [0.5, 0.6) is 0 Å². The first-order valence-corrected chi connectivity index (χ1v) is 5.79. The van der Waals surface area contributed by atoms with Gasteiger partial charge >= 0.3 is 0 Å². The van der Waals surface area contributed by atoms with Crippen LogP contribution in [0.15, 0.2) is 30.5 Å². The highest BCUT2D eigenvalue weighted by Crippen LogP contribution is 2.21. The number of rotatable bonds is 3. The Morgan fingerprint density at radius 2 is 1.94 bits per heavy atom. The summed E-state index contributed by atoms with van der Waals surface area (Å²) in [6.07, 6.45) is 2.15. The average molecular weight is 240 g/mol. The monoisotopic (exact) mass is 240 g/mol. The van der Waals surface area contributed by atoms with Crippen LogP contribution in [0, 0.1) is 11.3 Å². The molecule has 0 unspecified atom stereocenters. The standard InChI is InChI=1S/C14H16N4/c1-17(2)12-6-4-11(5-7-12)14-16-10-13(8-9-15)18(14)3/h4-7,10H,8H2,1-3H3.